The van der Waals surface area contributed by atoms with Crippen molar-refractivity contribution in [2.45, 2.75) is 133 Å². The van der Waals surface area contributed by atoms with E-state index < -0.39 is 101 Å². The average Bonchev–Trinajstić information content (AvgIpc) is 4.04. The first-order chi connectivity index (χ1) is 32.0. The number of pyridine rings is 1. The lowest BCUT2D eigenvalue weighted by molar-refractivity contribution is -0.0591. The van der Waals surface area contributed by atoms with Gasteiger partial charge >= 0.3 is 16.1 Å². The molecule has 26 heteroatoms. The SMILES string of the molecule is CC(C)(C)[Si](C)(C)O[C@@H]1[C@H](OP(=O)(OCCC#N)OC[C@H]2O[C@@H](n3cnc4c(=O)[nH]ccc43)[C@H](O[PH](=O)O)[C@@H]2O[Si](C)(C)C(C)(C)C)[C@@H](CO)O[C@H]1n1cnc2c(Nc3ccccc3)ncnc21. The van der Waals surface area contributed by atoms with Gasteiger partial charge in [-0.3, -0.25) is 32.0 Å². The van der Waals surface area contributed by atoms with E-state index in [0.29, 0.717) is 22.5 Å². The third-order valence-electron chi connectivity index (χ3n) is 13.0. The number of aliphatic hydroxyl groups excluding tert-OH is 1. The minimum atomic E-state index is -4.83. The molecule has 0 radical (unpaired) electrons. The number of benzene rings is 1. The lowest BCUT2D eigenvalue weighted by Crippen LogP contribution is -2.50. The Balaban J connectivity index is 1.26. The molecule has 0 bridgehead atoms. The summed E-state index contributed by atoms with van der Waals surface area (Å²) in [5.74, 6) is 0.427. The Morgan fingerprint density at radius 2 is 1.50 bits per heavy atom. The van der Waals surface area contributed by atoms with E-state index in [2.05, 4.69) is 51.0 Å². The minimum Gasteiger partial charge on any atom is -0.408 e. The van der Waals surface area contributed by atoms with Crippen molar-refractivity contribution in [2.75, 3.05) is 25.1 Å². The number of hydrogen-bond donors (Lipinski definition) is 4. The van der Waals surface area contributed by atoms with Crippen LogP contribution >= 0.6 is 16.1 Å². The highest BCUT2D eigenvalue weighted by Crippen LogP contribution is 2.56. The van der Waals surface area contributed by atoms with Crippen LogP contribution in [0.4, 0.5) is 11.5 Å². The number of aromatic amines is 1. The number of aromatic nitrogens is 7. The van der Waals surface area contributed by atoms with Gasteiger partial charge in [0.1, 0.15) is 43.0 Å². The van der Waals surface area contributed by atoms with Gasteiger partial charge in [-0.05, 0) is 54.5 Å². The first kappa shape index (κ1) is 51.8. The van der Waals surface area contributed by atoms with Crippen LogP contribution in [0.5, 0.6) is 0 Å². The van der Waals surface area contributed by atoms with Gasteiger partial charge in [-0.1, -0.05) is 59.7 Å². The molecule has 4 N–H and O–H groups in total. The topological polar surface area (TPSA) is 279 Å². The van der Waals surface area contributed by atoms with Crippen molar-refractivity contribution in [3.63, 3.8) is 0 Å². The van der Waals surface area contributed by atoms with Crippen LogP contribution in [0.15, 0.2) is 66.4 Å². The molecule has 0 spiro atoms. The van der Waals surface area contributed by atoms with Gasteiger partial charge in [-0.15, -0.1) is 0 Å². The molecule has 6 heterocycles. The molecule has 5 aromatic rings. The lowest BCUT2D eigenvalue weighted by Gasteiger charge is -2.41. The fourth-order valence-corrected chi connectivity index (χ4v) is 11.9. The smallest absolute Gasteiger partial charge is 0.408 e. The molecule has 0 amide bonds. The number of aliphatic hydroxyl groups is 1. The summed E-state index contributed by atoms with van der Waals surface area (Å²) in [6.45, 7) is 18.7. The van der Waals surface area contributed by atoms with E-state index in [1.807, 2.05) is 83.4 Å². The van der Waals surface area contributed by atoms with E-state index in [9.17, 15) is 24.6 Å². The van der Waals surface area contributed by atoms with Gasteiger partial charge in [0.15, 0.2) is 51.6 Å². The van der Waals surface area contributed by atoms with Gasteiger partial charge < -0.3 is 43.2 Å². The number of H-pyrrole nitrogens is 1. The summed E-state index contributed by atoms with van der Waals surface area (Å²) in [6.07, 6.45) is -3.90. The number of rotatable bonds is 19. The van der Waals surface area contributed by atoms with Gasteiger partial charge in [0, 0.05) is 11.9 Å². The number of ether oxygens (including phenoxy) is 2. The molecule has 7 rings (SSSR count). The third-order valence-corrected chi connectivity index (χ3v) is 23.9. The zero-order valence-corrected chi connectivity index (χ0v) is 43.6. The second-order valence-electron chi connectivity index (χ2n) is 19.6. The van der Waals surface area contributed by atoms with Crippen molar-refractivity contribution in [2.24, 2.45) is 0 Å². The molecule has 2 saturated heterocycles. The molecular formula is C42H61N9O13P2Si2. The summed E-state index contributed by atoms with van der Waals surface area (Å²) in [5.41, 5.74) is 1.51. The molecule has 68 heavy (non-hydrogen) atoms. The highest BCUT2D eigenvalue weighted by atomic mass is 31.2. The fraction of sp³-hybridized carbons (Fsp3) is 0.571. The Hall–Kier alpha value is -4.03. The standard InChI is InChI=1S/C42H61N9O13P2Si2/c1-41(2,3)67(7,8)63-33-29(60-39(34(33)61-65(54)55)50-24-47-30-27(50)17-19-44-38(30)53)22-58-66(56,57-20-14-18-43)62-32-28(21-52)59-40(35(32)64-68(9,10)42(4,5)6)51-25-48-31-36(45-23-46-37(31)51)49-26-15-12-11-13-16-26/h11-13,15-17,19,23-25,28-29,32-35,39-40,52,65H,14,20-22H2,1-10H3,(H,44,53)(H,54,55)(H,45,46,49)/t28-,29-,32-,33-,34-,35-,39-,40-,66?/m1/s1. The van der Waals surface area contributed by atoms with Crippen LogP contribution in [-0.4, -0.2) is 117 Å². The number of imidazole rings is 2. The lowest BCUT2D eigenvalue weighted by atomic mass is 10.1. The van der Waals surface area contributed by atoms with Crippen LogP contribution in [0, 0.1) is 11.3 Å². The Morgan fingerprint density at radius 1 is 0.868 bits per heavy atom. The van der Waals surface area contributed by atoms with Gasteiger partial charge in [0.2, 0.25) is 0 Å². The normalized spacial score (nSPS) is 25.2. The van der Waals surface area contributed by atoms with Crippen LogP contribution < -0.4 is 10.9 Å². The van der Waals surface area contributed by atoms with Gasteiger partial charge in [0.25, 0.3) is 5.56 Å². The summed E-state index contributed by atoms with van der Waals surface area (Å²) in [6, 6.07) is 13.0. The molecule has 370 valence electrons. The van der Waals surface area contributed by atoms with Crippen molar-refractivity contribution in [1.29, 1.82) is 5.26 Å². The Kier molecular flexibility index (Phi) is 15.5. The molecule has 1 aromatic carbocycles. The monoisotopic (exact) mass is 1020 g/mol. The summed E-state index contributed by atoms with van der Waals surface area (Å²) < 4.78 is 82.3. The summed E-state index contributed by atoms with van der Waals surface area (Å²) in [4.78, 5) is 43.5. The fourth-order valence-electron chi connectivity index (χ4n) is 7.40. The Labute approximate surface area is 396 Å². The molecule has 2 aliphatic rings. The molecule has 0 aliphatic carbocycles. The molecule has 10 atom stereocenters. The number of nitriles is 1. The van der Waals surface area contributed by atoms with Crippen LogP contribution in [0.1, 0.15) is 60.4 Å². The van der Waals surface area contributed by atoms with E-state index in [1.165, 1.54) is 29.7 Å². The first-order valence-electron chi connectivity index (χ1n) is 22.1. The Bertz CT molecular complexity index is 2720. The van der Waals surface area contributed by atoms with Gasteiger partial charge in [0.05, 0.1) is 50.5 Å². The van der Waals surface area contributed by atoms with Crippen molar-refractivity contribution in [3.8, 4) is 6.07 Å². The quantitative estimate of drug-likeness (QED) is 0.0365. The summed E-state index contributed by atoms with van der Waals surface area (Å²) in [7, 11) is -14.0. The number of nitrogens with zero attached hydrogens (tertiary/aromatic N) is 7. The number of phosphoric ester groups is 1. The van der Waals surface area contributed by atoms with Crippen LogP contribution in [0.25, 0.3) is 22.2 Å². The van der Waals surface area contributed by atoms with Crippen molar-refractivity contribution in [3.05, 3.63) is 71.9 Å². The van der Waals surface area contributed by atoms with E-state index in [0.717, 1.165) is 5.69 Å². The number of fused-ring (bicyclic) bond motifs is 2. The van der Waals surface area contributed by atoms with E-state index in [1.54, 1.807) is 10.6 Å². The largest absolute Gasteiger partial charge is 0.475 e. The molecule has 2 aliphatic heterocycles. The summed E-state index contributed by atoms with van der Waals surface area (Å²) >= 11 is 0. The number of nitrogens with one attached hydrogen (secondary N) is 2. The molecule has 4 aromatic heterocycles. The van der Waals surface area contributed by atoms with Crippen molar-refractivity contribution >= 4 is 66.4 Å². The molecule has 2 fully saturated rings. The van der Waals surface area contributed by atoms with E-state index in [-0.39, 0.29) is 28.6 Å². The van der Waals surface area contributed by atoms with Gasteiger partial charge in [-0.2, -0.15) is 5.26 Å². The maximum atomic E-state index is 15.3. The number of anilines is 2. The minimum absolute atomic E-state index is 0.0855. The summed E-state index contributed by atoms with van der Waals surface area (Å²) in [5, 5.41) is 23.0. The van der Waals surface area contributed by atoms with Crippen LogP contribution in [-0.2, 0) is 45.6 Å². The predicted molar refractivity (Wildman–Crippen MR) is 255 cm³/mol. The second-order valence-corrected chi connectivity index (χ2v) is 31.5. The number of para-hydroxylation sites is 1. The Morgan fingerprint density at radius 3 is 2.15 bits per heavy atom. The van der Waals surface area contributed by atoms with Crippen molar-refractivity contribution in [1.82, 2.24) is 34.1 Å². The highest BCUT2D eigenvalue weighted by molar-refractivity contribution is 7.48. The highest BCUT2D eigenvalue weighted by Gasteiger charge is 2.56. The molecular weight excluding hydrogens is 957 g/mol. The molecule has 2 unspecified atom stereocenters. The maximum absolute atomic E-state index is 15.3. The zero-order chi connectivity index (χ0) is 49.4. The van der Waals surface area contributed by atoms with Crippen LogP contribution in [0.3, 0.4) is 0 Å². The first-order valence-corrected chi connectivity index (χ1v) is 30.7. The van der Waals surface area contributed by atoms with Gasteiger partial charge in [-0.25, -0.2) is 24.5 Å². The van der Waals surface area contributed by atoms with Crippen LogP contribution in [0.2, 0.25) is 36.3 Å². The molecule has 0 saturated carbocycles. The zero-order valence-electron chi connectivity index (χ0n) is 39.7. The van der Waals surface area contributed by atoms with E-state index in [4.69, 9.17) is 36.4 Å². The predicted octanol–water partition coefficient (Wildman–Crippen LogP) is 7.08. The maximum Gasteiger partial charge on any atom is 0.475 e. The van der Waals surface area contributed by atoms with E-state index >= 15 is 4.57 Å². The number of phosphoric acid groups is 1. The number of hydrogen-bond acceptors (Lipinski definition) is 18. The second kappa shape index (κ2) is 20.4. The average molecular weight is 1020 g/mol. The molecule has 22 nitrogen and oxygen atoms in total. The third kappa shape index (κ3) is 11.0. The van der Waals surface area contributed by atoms with Crippen molar-refractivity contribution < 1.29 is 55.6 Å².